The van der Waals surface area contributed by atoms with E-state index in [0.29, 0.717) is 27.3 Å². The van der Waals surface area contributed by atoms with Gasteiger partial charge in [-0.2, -0.15) is 0 Å². The van der Waals surface area contributed by atoms with Crippen LogP contribution in [0.3, 0.4) is 0 Å². The van der Waals surface area contributed by atoms with E-state index in [1.165, 1.54) is 4.90 Å². The van der Waals surface area contributed by atoms with Crippen molar-refractivity contribution in [2.75, 3.05) is 7.11 Å². The number of fused-ring (bicyclic) bond motifs is 1. The minimum absolute atomic E-state index is 0.0111. The highest BCUT2D eigenvalue weighted by Crippen LogP contribution is 2.40. The van der Waals surface area contributed by atoms with Crippen molar-refractivity contribution in [1.29, 1.82) is 0 Å². The number of rotatable bonds is 6. The summed E-state index contributed by atoms with van der Waals surface area (Å²) in [4.78, 5) is 32.2. The summed E-state index contributed by atoms with van der Waals surface area (Å²) in [6, 6.07) is 16.4. The number of carbonyl (C=O) groups is 2. The van der Waals surface area contributed by atoms with Crippen molar-refractivity contribution >= 4 is 34.3 Å². The van der Waals surface area contributed by atoms with Gasteiger partial charge in [-0.05, 0) is 59.7 Å². The number of furan rings is 1. The van der Waals surface area contributed by atoms with Gasteiger partial charge in [-0.15, -0.1) is 0 Å². The molecule has 1 aliphatic heterocycles. The van der Waals surface area contributed by atoms with Crippen molar-refractivity contribution in [3.8, 4) is 5.75 Å². The summed E-state index contributed by atoms with van der Waals surface area (Å²) >= 11 is 6.05. The zero-order valence-corrected chi connectivity index (χ0v) is 18.8. The van der Waals surface area contributed by atoms with Gasteiger partial charge in [0.15, 0.2) is 11.5 Å². The normalized spacial score (nSPS) is 15.9. The molecular weight excluding hydrogens is 456 g/mol. The Hall–Kier alpha value is -4.10. The number of hydrogen-bond acceptors (Lipinski definition) is 6. The van der Waals surface area contributed by atoms with Crippen LogP contribution in [0.1, 0.15) is 27.7 Å². The number of aliphatic hydroxyl groups is 1. The fourth-order valence-electron chi connectivity index (χ4n) is 4.13. The Morgan fingerprint density at radius 3 is 2.56 bits per heavy atom. The molecule has 4 aromatic rings. The van der Waals surface area contributed by atoms with E-state index >= 15 is 0 Å². The molecule has 1 amide bonds. The highest BCUT2D eigenvalue weighted by atomic mass is 35.5. The third kappa shape index (κ3) is 3.80. The molecule has 2 aromatic heterocycles. The van der Waals surface area contributed by atoms with Gasteiger partial charge in [0.2, 0.25) is 5.78 Å². The maximum Gasteiger partial charge on any atom is 0.290 e. The van der Waals surface area contributed by atoms with Crippen LogP contribution < -0.4 is 4.74 Å². The quantitative estimate of drug-likeness (QED) is 0.383. The molecule has 0 aliphatic carbocycles. The summed E-state index contributed by atoms with van der Waals surface area (Å²) in [6.45, 7) is 0.173. The molecule has 8 heteroatoms. The van der Waals surface area contributed by atoms with Crippen LogP contribution in [0.4, 0.5) is 0 Å². The smallest absolute Gasteiger partial charge is 0.290 e. The molecular formula is C26H19ClN2O5. The SMILES string of the molecule is COc1ccc(CN2C(=O)C(O)=C(C(=O)c3cc4cc(Cl)ccc4o3)C2c2ccncc2)cc1. The maximum absolute atomic E-state index is 13.6. The molecule has 1 unspecified atom stereocenters. The Morgan fingerprint density at radius 2 is 1.85 bits per heavy atom. The fourth-order valence-corrected chi connectivity index (χ4v) is 4.31. The standard InChI is InChI=1S/C26H19ClN2O5/c1-33-19-5-2-15(3-6-19)14-29-23(16-8-10-28-11-9-16)22(25(31)26(29)32)24(30)21-13-17-12-18(27)4-7-20(17)34-21/h2-13,23,31H,14H2,1H3. The van der Waals surface area contributed by atoms with Crippen LogP contribution in [0, 0.1) is 0 Å². The highest BCUT2D eigenvalue weighted by molar-refractivity contribution is 6.31. The lowest BCUT2D eigenvalue weighted by Gasteiger charge is -2.26. The van der Waals surface area contributed by atoms with E-state index in [9.17, 15) is 14.7 Å². The Morgan fingerprint density at radius 1 is 1.12 bits per heavy atom. The van der Waals surface area contributed by atoms with Crippen LogP contribution in [-0.2, 0) is 11.3 Å². The van der Waals surface area contributed by atoms with E-state index in [0.717, 1.165) is 5.56 Å². The number of halogens is 1. The summed E-state index contributed by atoms with van der Waals surface area (Å²) < 4.78 is 10.9. The predicted octanol–water partition coefficient (Wildman–Crippen LogP) is 5.27. The van der Waals surface area contributed by atoms with E-state index in [-0.39, 0.29) is 17.9 Å². The Balaban J connectivity index is 1.56. The van der Waals surface area contributed by atoms with Gasteiger partial charge in [-0.1, -0.05) is 23.7 Å². The van der Waals surface area contributed by atoms with Crippen molar-refractivity contribution in [2.45, 2.75) is 12.6 Å². The summed E-state index contributed by atoms with van der Waals surface area (Å²) in [5.41, 5.74) is 1.89. The molecule has 170 valence electrons. The molecule has 1 atom stereocenters. The summed E-state index contributed by atoms with van der Waals surface area (Å²) in [5.74, 6) is -1.11. The number of pyridine rings is 1. The molecule has 0 saturated heterocycles. The number of methoxy groups -OCH3 is 1. The highest BCUT2D eigenvalue weighted by Gasteiger charge is 2.44. The zero-order chi connectivity index (χ0) is 23.8. The molecule has 0 radical (unpaired) electrons. The Labute approximate surface area is 199 Å². The van der Waals surface area contributed by atoms with Crippen LogP contribution >= 0.6 is 11.6 Å². The van der Waals surface area contributed by atoms with Gasteiger partial charge in [-0.25, -0.2) is 0 Å². The third-order valence-corrected chi connectivity index (χ3v) is 6.02. The molecule has 0 spiro atoms. The van der Waals surface area contributed by atoms with E-state index in [4.69, 9.17) is 20.8 Å². The minimum Gasteiger partial charge on any atom is -0.503 e. The summed E-state index contributed by atoms with van der Waals surface area (Å²) in [5, 5.41) is 12.0. The van der Waals surface area contributed by atoms with E-state index < -0.39 is 23.5 Å². The number of aliphatic hydroxyl groups excluding tert-OH is 1. The molecule has 0 saturated carbocycles. The third-order valence-electron chi connectivity index (χ3n) is 5.78. The van der Waals surface area contributed by atoms with E-state index in [1.54, 1.807) is 68.0 Å². The number of carbonyl (C=O) groups excluding carboxylic acids is 2. The molecule has 3 heterocycles. The van der Waals surface area contributed by atoms with Crippen molar-refractivity contribution < 1.29 is 23.8 Å². The first-order valence-corrected chi connectivity index (χ1v) is 10.8. The number of amides is 1. The second-order valence-corrected chi connectivity index (χ2v) is 8.28. The minimum atomic E-state index is -0.818. The van der Waals surface area contributed by atoms with E-state index in [2.05, 4.69) is 4.98 Å². The first-order chi connectivity index (χ1) is 16.5. The van der Waals surface area contributed by atoms with Crippen molar-refractivity contribution in [1.82, 2.24) is 9.88 Å². The molecule has 1 N–H and O–H groups in total. The van der Waals surface area contributed by atoms with Gasteiger partial charge in [-0.3, -0.25) is 14.6 Å². The molecule has 1 aliphatic rings. The summed E-state index contributed by atoms with van der Waals surface area (Å²) in [7, 11) is 1.57. The number of ketones is 1. The van der Waals surface area contributed by atoms with Gasteiger partial charge in [0.05, 0.1) is 18.7 Å². The number of nitrogens with zero attached hydrogens (tertiary/aromatic N) is 2. The van der Waals surface area contributed by atoms with Gasteiger partial charge < -0.3 is 19.2 Å². The lowest BCUT2D eigenvalue weighted by molar-refractivity contribution is -0.130. The monoisotopic (exact) mass is 474 g/mol. The van der Waals surface area contributed by atoms with Crippen LogP contribution in [-0.4, -0.2) is 33.8 Å². The van der Waals surface area contributed by atoms with Crippen LogP contribution in [0.25, 0.3) is 11.0 Å². The number of aromatic nitrogens is 1. The Bertz CT molecular complexity index is 1430. The fraction of sp³-hybridized carbons (Fsp3) is 0.115. The van der Waals surface area contributed by atoms with Crippen molar-refractivity contribution in [2.24, 2.45) is 0 Å². The zero-order valence-electron chi connectivity index (χ0n) is 18.1. The van der Waals surface area contributed by atoms with Crippen LogP contribution in [0.2, 0.25) is 5.02 Å². The largest absolute Gasteiger partial charge is 0.503 e. The first kappa shape index (κ1) is 21.7. The molecule has 5 rings (SSSR count). The first-order valence-electron chi connectivity index (χ1n) is 10.5. The topological polar surface area (TPSA) is 92.9 Å². The van der Waals surface area contributed by atoms with Crippen molar-refractivity contribution in [3.63, 3.8) is 0 Å². The number of hydrogen-bond donors (Lipinski definition) is 1. The molecule has 7 nitrogen and oxygen atoms in total. The average molecular weight is 475 g/mol. The van der Waals surface area contributed by atoms with Gasteiger partial charge >= 0.3 is 0 Å². The molecule has 34 heavy (non-hydrogen) atoms. The summed E-state index contributed by atoms with van der Waals surface area (Å²) in [6.07, 6.45) is 3.15. The van der Waals surface area contributed by atoms with Gasteiger partial charge in [0.1, 0.15) is 11.3 Å². The second kappa shape index (κ2) is 8.68. The maximum atomic E-state index is 13.6. The number of benzene rings is 2. The van der Waals surface area contributed by atoms with Gasteiger partial charge in [0.25, 0.3) is 5.91 Å². The lowest BCUT2D eigenvalue weighted by Crippen LogP contribution is -2.30. The average Bonchev–Trinajstić information content (AvgIpc) is 3.39. The molecule has 0 fully saturated rings. The molecule has 0 bridgehead atoms. The molecule has 2 aromatic carbocycles. The van der Waals surface area contributed by atoms with Gasteiger partial charge in [0, 0.05) is 29.3 Å². The number of Topliss-reactive ketones (excluding diaryl/α,β-unsaturated/α-hetero) is 1. The Kier molecular flexibility index (Phi) is 5.55. The van der Waals surface area contributed by atoms with Crippen LogP contribution in [0.5, 0.6) is 5.75 Å². The predicted molar refractivity (Wildman–Crippen MR) is 126 cm³/mol. The number of ether oxygens (including phenoxy) is 1. The van der Waals surface area contributed by atoms with Crippen molar-refractivity contribution in [3.05, 3.63) is 106 Å². The van der Waals surface area contributed by atoms with E-state index in [1.807, 2.05) is 12.1 Å². The van der Waals surface area contributed by atoms with Crippen LogP contribution in [0.15, 0.2) is 88.8 Å². The lowest BCUT2D eigenvalue weighted by atomic mass is 9.95. The second-order valence-electron chi connectivity index (χ2n) is 7.85.